The normalized spacial score (nSPS) is 10.4. The Morgan fingerprint density at radius 2 is 2.00 bits per heavy atom. The summed E-state index contributed by atoms with van der Waals surface area (Å²) in [5.74, 6) is 1.28. The van der Waals surface area contributed by atoms with Gasteiger partial charge in [0.05, 0.1) is 20.5 Å². The first-order valence-corrected chi connectivity index (χ1v) is 5.83. The van der Waals surface area contributed by atoms with Gasteiger partial charge in [0, 0.05) is 12.8 Å². The molecule has 0 fully saturated rings. The molecular weight excluding hydrogens is 260 g/mol. The number of carbonyl (C=O) groups is 2. The van der Waals surface area contributed by atoms with Crippen molar-refractivity contribution in [3.8, 4) is 12.3 Å². The molecule has 0 radical (unpaired) electrons. The SMILES string of the molecule is C#CCC(CC(=C)c1ccco1)(C(=O)OC)C(=O)OC. The summed E-state index contributed by atoms with van der Waals surface area (Å²) < 4.78 is 14.6. The first-order valence-electron chi connectivity index (χ1n) is 5.83. The lowest BCUT2D eigenvalue weighted by molar-refractivity contribution is -0.168. The number of ether oxygens (including phenoxy) is 2. The van der Waals surface area contributed by atoms with Crippen LogP contribution in [0.25, 0.3) is 5.57 Å². The van der Waals surface area contributed by atoms with Crippen molar-refractivity contribution in [3.63, 3.8) is 0 Å². The maximum atomic E-state index is 12.0. The van der Waals surface area contributed by atoms with Gasteiger partial charge in [-0.1, -0.05) is 6.58 Å². The first kappa shape index (κ1) is 15.6. The minimum Gasteiger partial charge on any atom is -0.468 e. The van der Waals surface area contributed by atoms with Crippen LogP contribution in [0.3, 0.4) is 0 Å². The highest BCUT2D eigenvalue weighted by molar-refractivity contribution is 6.01. The molecule has 0 saturated heterocycles. The zero-order chi connectivity index (χ0) is 15.2. The molecule has 20 heavy (non-hydrogen) atoms. The Kier molecular flexibility index (Phi) is 5.15. The number of hydrogen-bond acceptors (Lipinski definition) is 5. The predicted octanol–water partition coefficient (Wildman–Crippen LogP) is 2.04. The van der Waals surface area contributed by atoms with Gasteiger partial charge in [-0.2, -0.15) is 0 Å². The molecule has 0 amide bonds. The van der Waals surface area contributed by atoms with Crippen LogP contribution in [0, 0.1) is 17.8 Å². The van der Waals surface area contributed by atoms with Gasteiger partial charge in [0.25, 0.3) is 0 Å². The van der Waals surface area contributed by atoms with Gasteiger partial charge in [0.1, 0.15) is 5.76 Å². The Labute approximate surface area is 117 Å². The van der Waals surface area contributed by atoms with Crippen LogP contribution < -0.4 is 0 Å². The number of carbonyl (C=O) groups excluding carboxylic acids is 2. The molecule has 0 aromatic carbocycles. The van der Waals surface area contributed by atoms with Crippen molar-refractivity contribution in [1.82, 2.24) is 0 Å². The number of esters is 2. The zero-order valence-corrected chi connectivity index (χ0v) is 11.5. The average Bonchev–Trinajstić information content (AvgIpc) is 2.99. The molecular formula is C15H16O5. The third kappa shape index (κ3) is 2.91. The summed E-state index contributed by atoms with van der Waals surface area (Å²) in [6.07, 6.45) is 6.56. The fourth-order valence-electron chi connectivity index (χ4n) is 1.93. The lowest BCUT2D eigenvalue weighted by Crippen LogP contribution is -2.41. The molecule has 1 aromatic rings. The zero-order valence-electron chi connectivity index (χ0n) is 11.5. The quantitative estimate of drug-likeness (QED) is 0.452. The van der Waals surface area contributed by atoms with Crippen LogP contribution >= 0.6 is 0 Å². The molecule has 5 heteroatoms. The van der Waals surface area contributed by atoms with Crippen LogP contribution in [-0.4, -0.2) is 26.2 Å². The summed E-state index contributed by atoms with van der Waals surface area (Å²) >= 11 is 0. The van der Waals surface area contributed by atoms with Crippen LogP contribution in [-0.2, 0) is 19.1 Å². The number of rotatable bonds is 6. The van der Waals surface area contributed by atoms with Crippen molar-refractivity contribution < 1.29 is 23.5 Å². The molecule has 0 N–H and O–H groups in total. The molecule has 0 unspecified atom stereocenters. The van der Waals surface area contributed by atoms with E-state index in [9.17, 15) is 9.59 Å². The van der Waals surface area contributed by atoms with Crippen molar-refractivity contribution in [2.45, 2.75) is 12.8 Å². The fourth-order valence-corrected chi connectivity index (χ4v) is 1.93. The fraction of sp³-hybridized carbons (Fsp3) is 0.333. The highest BCUT2D eigenvalue weighted by Gasteiger charge is 2.48. The maximum absolute atomic E-state index is 12.0. The standard InChI is InChI=1S/C15H16O5/c1-5-8-15(13(16)18-3,14(17)19-4)10-11(2)12-7-6-9-20-12/h1,6-7,9H,2,8,10H2,3-4H3. The van der Waals surface area contributed by atoms with E-state index in [0.29, 0.717) is 11.3 Å². The van der Waals surface area contributed by atoms with E-state index >= 15 is 0 Å². The van der Waals surface area contributed by atoms with E-state index in [-0.39, 0.29) is 12.8 Å². The molecule has 0 saturated carbocycles. The van der Waals surface area contributed by atoms with Gasteiger partial charge in [-0.25, -0.2) is 0 Å². The lowest BCUT2D eigenvalue weighted by atomic mass is 9.78. The molecule has 106 valence electrons. The highest BCUT2D eigenvalue weighted by Crippen LogP contribution is 2.36. The van der Waals surface area contributed by atoms with Crippen LogP contribution in [0.2, 0.25) is 0 Å². The van der Waals surface area contributed by atoms with Gasteiger partial charge in [-0.15, -0.1) is 12.3 Å². The second-order valence-corrected chi connectivity index (χ2v) is 4.20. The van der Waals surface area contributed by atoms with E-state index < -0.39 is 17.4 Å². The lowest BCUT2D eigenvalue weighted by Gasteiger charge is -2.26. The highest BCUT2D eigenvalue weighted by atomic mass is 16.5. The monoisotopic (exact) mass is 276 g/mol. The summed E-state index contributed by atoms with van der Waals surface area (Å²) in [5.41, 5.74) is -1.15. The predicted molar refractivity (Wildman–Crippen MR) is 72.3 cm³/mol. The third-order valence-corrected chi connectivity index (χ3v) is 2.94. The minimum atomic E-state index is -1.61. The number of furan rings is 1. The largest absolute Gasteiger partial charge is 0.468 e. The first-order chi connectivity index (χ1) is 9.51. The van der Waals surface area contributed by atoms with Gasteiger partial charge in [-0.3, -0.25) is 9.59 Å². The third-order valence-electron chi connectivity index (χ3n) is 2.94. The van der Waals surface area contributed by atoms with Crippen molar-refractivity contribution in [2.75, 3.05) is 14.2 Å². The Bertz CT molecular complexity index is 517. The van der Waals surface area contributed by atoms with Gasteiger partial charge in [-0.05, 0) is 17.7 Å². The maximum Gasteiger partial charge on any atom is 0.324 e. The van der Waals surface area contributed by atoms with Gasteiger partial charge >= 0.3 is 11.9 Å². The van der Waals surface area contributed by atoms with Crippen molar-refractivity contribution in [3.05, 3.63) is 30.7 Å². The van der Waals surface area contributed by atoms with Crippen LogP contribution in [0.1, 0.15) is 18.6 Å². The number of terminal acetylenes is 1. The number of methoxy groups -OCH3 is 2. The molecule has 0 aliphatic heterocycles. The second kappa shape index (κ2) is 6.62. The average molecular weight is 276 g/mol. The van der Waals surface area contributed by atoms with Crippen molar-refractivity contribution in [1.29, 1.82) is 0 Å². The van der Waals surface area contributed by atoms with Crippen molar-refractivity contribution >= 4 is 17.5 Å². The van der Waals surface area contributed by atoms with E-state index in [0.717, 1.165) is 0 Å². The van der Waals surface area contributed by atoms with E-state index in [2.05, 4.69) is 12.5 Å². The molecule has 1 rings (SSSR count). The Morgan fingerprint density at radius 1 is 1.40 bits per heavy atom. The summed E-state index contributed by atoms with van der Waals surface area (Å²) in [4.78, 5) is 24.1. The molecule has 0 spiro atoms. The van der Waals surface area contributed by atoms with Crippen LogP contribution in [0.5, 0.6) is 0 Å². The van der Waals surface area contributed by atoms with Gasteiger partial charge in [0.2, 0.25) is 0 Å². The molecule has 1 heterocycles. The smallest absolute Gasteiger partial charge is 0.324 e. The molecule has 5 nitrogen and oxygen atoms in total. The van der Waals surface area contributed by atoms with Gasteiger partial charge in [0.15, 0.2) is 5.41 Å². The summed E-state index contributed by atoms with van der Waals surface area (Å²) in [5, 5.41) is 0. The number of allylic oxidation sites excluding steroid dienone is 1. The Balaban J connectivity index is 3.15. The van der Waals surface area contributed by atoms with Gasteiger partial charge < -0.3 is 13.9 Å². The summed E-state index contributed by atoms with van der Waals surface area (Å²) in [6.45, 7) is 3.82. The second-order valence-electron chi connectivity index (χ2n) is 4.20. The molecule has 0 atom stereocenters. The molecule has 1 aromatic heterocycles. The molecule has 0 aliphatic rings. The van der Waals surface area contributed by atoms with E-state index in [4.69, 9.17) is 20.3 Å². The summed E-state index contributed by atoms with van der Waals surface area (Å²) in [6, 6.07) is 3.36. The molecule has 0 aliphatic carbocycles. The van der Waals surface area contributed by atoms with Crippen molar-refractivity contribution in [2.24, 2.45) is 5.41 Å². The van der Waals surface area contributed by atoms with E-state index in [1.165, 1.54) is 20.5 Å². The molecule has 0 bridgehead atoms. The Hall–Kier alpha value is -2.48. The minimum absolute atomic E-state index is 0.0376. The Morgan fingerprint density at radius 3 is 2.40 bits per heavy atom. The topological polar surface area (TPSA) is 65.7 Å². The van der Waals surface area contributed by atoms with E-state index in [1.807, 2.05) is 0 Å². The summed E-state index contributed by atoms with van der Waals surface area (Å²) in [7, 11) is 2.37. The van der Waals surface area contributed by atoms with Crippen LogP contribution in [0.15, 0.2) is 29.4 Å². The van der Waals surface area contributed by atoms with Crippen LogP contribution in [0.4, 0.5) is 0 Å². The number of hydrogen-bond donors (Lipinski definition) is 0. The van der Waals surface area contributed by atoms with E-state index in [1.54, 1.807) is 12.1 Å².